The average molecular weight is 388 g/mol. The summed E-state index contributed by atoms with van der Waals surface area (Å²) in [7, 11) is 0. The molecule has 142 valence electrons. The van der Waals surface area contributed by atoms with Crippen LogP contribution in [-0.4, -0.2) is 15.9 Å². The minimum Gasteiger partial charge on any atom is -0.454 e. The van der Waals surface area contributed by atoms with Crippen molar-refractivity contribution in [2.24, 2.45) is 5.92 Å². The molecule has 5 nitrogen and oxygen atoms in total. The molecule has 1 atom stereocenters. The van der Waals surface area contributed by atoms with Crippen LogP contribution in [0.15, 0.2) is 29.1 Å². The number of aryl methyl sites for hydroxylation is 1. The molecule has 3 aromatic rings. The maximum atomic E-state index is 12.9. The highest BCUT2D eigenvalue weighted by Crippen LogP contribution is 2.29. The smallest absolute Gasteiger partial charge is 0.338 e. The number of esters is 1. The first-order chi connectivity index (χ1) is 12.9. The number of halogens is 1. The molecule has 0 spiro atoms. The number of benzene rings is 1. The first-order valence-electron chi connectivity index (χ1n) is 8.82. The molecular formula is C20H21FN2O3S. The van der Waals surface area contributed by atoms with Crippen LogP contribution in [0.5, 0.6) is 0 Å². The predicted molar refractivity (Wildman–Crippen MR) is 104 cm³/mol. The molecule has 0 amide bonds. The highest BCUT2D eigenvalue weighted by atomic mass is 32.1. The quantitative estimate of drug-likeness (QED) is 0.636. The largest absolute Gasteiger partial charge is 0.454 e. The molecule has 27 heavy (non-hydrogen) atoms. The molecule has 0 radical (unpaired) electrons. The van der Waals surface area contributed by atoms with E-state index in [1.807, 2.05) is 6.92 Å². The van der Waals surface area contributed by atoms with E-state index in [0.29, 0.717) is 22.0 Å². The molecule has 7 heteroatoms. The summed E-state index contributed by atoms with van der Waals surface area (Å²) in [6.07, 6.45) is 1.88. The van der Waals surface area contributed by atoms with Crippen LogP contribution >= 0.6 is 11.3 Å². The van der Waals surface area contributed by atoms with E-state index in [2.05, 4.69) is 23.8 Å². The van der Waals surface area contributed by atoms with Gasteiger partial charge in [-0.05, 0) is 49.1 Å². The van der Waals surface area contributed by atoms with Crippen LogP contribution in [0.4, 0.5) is 4.39 Å². The molecule has 0 saturated heterocycles. The summed E-state index contributed by atoms with van der Waals surface area (Å²) in [5, 5.41) is 0.631. The molecule has 2 heterocycles. The SMILES string of the molecule is CC[C@@H](C)Cc1c(C)sc2nc(COC(=O)c3ccc(F)cc3)[nH]c(=O)c12. The number of hydrogen-bond donors (Lipinski definition) is 1. The highest BCUT2D eigenvalue weighted by Gasteiger charge is 2.17. The second-order valence-corrected chi connectivity index (χ2v) is 7.83. The Labute approximate surface area is 160 Å². The molecule has 0 unspecified atom stereocenters. The maximum absolute atomic E-state index is 12.9. The van der Waals surface area contributed by atoms with Crippen LogP contribution in [0.1, 0.15) is 46.9 Å². The summed E-state index contributed by atoms with van der Waals surface area (Å²) in [6.45, 7) is 6.13. The van der Waals surface area contributed by atoms with Gasteiger partial charge in [-0.3, -0.25) is 4.79 Å². The molecule has 0 bridgehead atoms. The third kappa shape index (κ3) is 4.24. The van der Waals surface area contributed by atoms with Crippen molar-refractivity contribution in [1.29, 1.82) is 0 Å². The number of nitrogens with one attached hydrogen (secondary N) is 1. The molecule has 0 fully saturated rings. The number of nitrogens with zero attached hydrogens (tertiary/aromatic N) is 1. The second-order valence-electron chi connectivity index (χ2n) is 6.63. The van der Waals surface area contributed by atoms with Crippen molar-refractivity contribution in [2.75, 3.05) is 0 Å². The van der Waals surface area contributed by atoms with Gasteiger partial charge < -0.3 is 9.72 Å². The van der Waals surface area contributed by atoms with Gasteiger partial charge in [-0.25, -0.2) is 14.2 Å². The van der Waals surface area contributed by atoms with Gasteiger partial charge in [-0.2, -0.15) is 0 Å². The summed E-state index contributed by atoms with van der Waals surface area (Å²) in [5.74, 6) is -0.252. The fourth-order valence-corrected chi connectivity index (χ4v) is 3.90. The van der Waals surface area contributed by atoms with Gasteiger partial charge in [0.25, 0.3) is 5.56 Å². The van der Waals surface area contributed by atoms with Gasteiger partial charge >= 0.3 is 5.97 Å². The third-order valence-electron chi connectivity index (χ3n) is 4.58. The number of H-pyrrole nitrogens is 1. The fourth-order valence-electron chi connectivity index (χ4n) is 2.83. The van der Waals surface area contributed by atoms with Gasteiger partial charge in [0.15, 0.2) is 0 Å². The molecule has 2 aromatic heterocycles. The van der Waals surface area contributed by atoms with Gasteiger partial charge in [0.05, 0.1) is 10.9 Å². The Hall–Kier alpha value is -2.54. The zero-order chi connectivity index (χ0) is 19.6. The van der Waals surface area contributed by atoms with Crippen molar-refractivity contribution in [3.63, 3.8) is 0 Å². The summed E-state index contributed by atoms with van der Waals surface area (Å²) in [6, 6.07) is 5.08. The number of carbonyl (C=O) groups is 1. The van der Waals surface area contributed by atoms with Crippen LogP contribution in [-0.2, 0) is 17.8 Å². The average Bonchev–Trinajstić information content (AvgIpc) is 2.95. The van der Waals surface area contributed by atoms with Crippen molar-refractivity contribution in [2.45, 2.75) is 40.2 Å². The first kappa shape index (κ1) is 19.2. The second kappa shape index (κ2) is 8.00. The lowest BCUT2D eigenvalue weighted by molar-refractivity contribution is 0.0462. The van der Waals surface area contributed by atoms with Gasteiger partial charge in [-0.15, -0.1) is 11.3 Å². The molecule has 0 aliphatic carbocycles. The van der Waals surface area contributed by atoms with E-state index in [4.69, 9.17) is 4.74 Å². The Balaban J connectivity index is 1.81. The third-order valence-corrected chi connectivity index (χ3v) is 5.62. The van der Waals surface area contributed by atoms with E-state index < -0.39 is 11.8 Å². The molecule has 1 aromatic carbocycles. The molecule has 1 N–H and O–H groups in total. The van der Waals surface area contributed by atoms with E-state index in [0.717, 1.165) is 23.3 Å². The number of rotatable bonds is 6. The highest BCUT2D eigenvalue weighted by molar-refractivity contribution is 7.18. The fraction of sp³-hybridized carbons (Fsp3) is 0.350. The lowest BCUT2D eigenvalue weighted by Gasteiger charge is -2.08. The zero-order valence-electron chi connectivity index (χ0n) is 15.5. The monoisotopic (exact) mass is 388 g/mol. The van der Waals surface area contributed by atoms with E-state index in [9.17, 15) is 14.0 Å². The van der Waals surface area contributed by atoms with Crippen LogP contribution in [0.2, 0.25) is 0 Å². The molecular weight excluding hydrogens is 367 g/mol. The zero-order valence-corrected chi connectivity index (χ0v) is 16.3. The van der Waals surface area contributed by atoms with Crippen LogP contribution in [0.3, 0.4) is 0 Å². The number of thiophene rings is 1. The summed E-state index contributed by atoms with van der Waals surface area (Å²) in [5.41, 5.74) is 1.08. The van der Waals surface area contributed by atoms with Crippen molar-refractivity contribution in [1.82, 2.24) is 9.97 Å². The van der Waals surface area contributed by atoms with Gasteiger partial charge in [-0.1, -0.05) is 20.3 Å². The van der Waals surface area contributed by atoms with Crippen LogP contribution < -0.4 is 5.56 Å². The number of hydrogen-bond acceptors (Lipinski definition) is 5. The summed E-state index contributed by atoms with van der Waals surface area (Å²) >= 11 is 1.48. The van der Waals surface area contributed by atoms with Crippen LogP contribution in [0.25, 0.3) is 10.2 Å². The number of aromatic nitrogens is 2. The normalized spacial score (nSPS) is 12.3. The predicted octanol–water partition coefficient (Wildman–Crippen LogP) is 4.38. The van der Waals surface area contributed by atoms with Gasteiger partial charge in [0.2, 0.25) is 0 Å². The topological polar surface area (TPSA) is 72.0 Å². The number of ether oxygens (including phenoxy) is 1. The van der Waals surface area contributed by atoms with Crippen molar-refractivity contribution >= 4 is 27.5 Å². The molecule has 3 rings (SSSR count). The summed E-state index contributed by atoms with van der Waals surface area (Å²) in [4.78, 5) is 33.5. The molecule has 0 saturated carbocycles. The minimum atomic E-state index is -0.599. The van der Waals surface area contributed by atoms with E-state index >= 15 is 0 Å². The number of carbonyl (C=O) groups excluding carboxylic acids is 1. The van der Waals surface area contributed by atoms with Gasteiger partial charge in [0, 0.05) is 4.88 Å². The van der Waals surface area contributed by atoms with Crippen molar-refractivity contribution in [3.8, 4) is 0 Å². The number of fused-ring (bicyclic) bond motifs is 1. The first-order valence-corrected chi connectivity index (χ1v) is 9.64. The van der Waals surface area contributed by atoms with Crippen molar-refractivity contribution in [3.05, 3.63) is 62.3 Å². The minimum absolute atomic E-state index is 0.154. The standard InChI is InChI=1S/C20H21FN2O3S/c1-4-11(2)9-15-12(3)27-19-17(15)18(24)22-16(23-19)10-26-20(25)13-5-7-14(21)8-6-13/h5-8,11H,4,9-10H2,1-3H3,(H,22,23,24)/t11-/m1/s1. The summed E-state index contributed by atoms with van der Waals surface area (Å²) < 4.78 is 18.1. The molecule has 0 aliphatic heterocycles. The maximum Gasteiger partial charge on any atom is 0.338 e. The van der Waals surface area contributed by atoms with E-state index in [1.54, 1.807) is 0 Å². The Morgan fingerprint density at radius 2 is 2.04 bits per heavy atom. The van der Waals surface area contributed by atoms with E-state index in [1.165, 1.54) is 35.6 Å². The Morgan fingerprint density at radius 1 is 1.33 bits per heavy atom. The van der Waals surface area contributed by atoms with E-state index in [-0.39, 0.29) is 17.7 Å². The van der Waals surface area contributed by atoms with Crippen LogP contribution in [0, 0.1) is 18.7 Å². The Kier molecular flexibility index (Phi) is 5.70. The Bertz CT molecular complexity index is 1020. The number of aromatic amines is 1. The van der Waals surface area contributed by atoms with Gasteiger partial charge in [0.1, 0.15) is 23.1 Å². The lowest BCUT2D eigenvalue weighted by Crippen LogP contribution is -2.15. The van der Waals surface area contributed by atoms with Crippen molar-refractivity contribution < 1.29 is 13.9 Å². The Morgan fingerprint density at radius 3 is 2.70 bits per heavy atom. The lowest BCUT2D eigenvalue weighted by atomic mass is 9.98. The molecule has 0 aliphatic rings.